The van der Waals surface area contributed by atoms with E-state index >= 15 is 0 Å². The van der Waals surface area contributed by atoms with E-state index in [9.17, 15) is 13.2 Å². The summed E-state index contributed by atoms with van der Waals surface area (Å²) in [4.78, 5) is 14.3. The van der Waals surface area contributed by atoms with Gasteiger partial charge in [0.15, 0.2) is 0 Å². The van der Waals surface area contributed by atoms with Crippen molar-refractivity contribution in [3.8, 4) is 5.75 Å². The maximum Gasteiger partial charge on any atom is 0.228 e. The topological polar surface area (TPSA) is 75.7 Å². The minimum atomic E-state index is -3.49. The number of aryl methyl sites for hydroxylation is 2. The van der Waals surface area contributed by atoms with E-state index in [0.717, 1.165) is 23.1 Å². The summed E-state index contributed by atoms with van der Waals surface area (Å²) in [6, 6.07) is 12.1. The molecule has 0 unspecified atom stereocenters. The van der Waals surface area contributed by atoms with Gasteiger partial charge in [0.1, 0.15) is 5.75 Å². The molecule has 0 bridgehead atoms. The zero-order valence-corrected chi connectivity index (χ0v) is 17.1. The van der Waals surface area contributed by atoms with Crippen molar-refractivity contribution >= 4 is 21.6 Å². The molecule has 0 aromatic heterocycles. The van der Waals surface area contributed by atoms with Crippen LogP contribution in [0.5, 0.6) is 5.75 Å². The molecule has 2 rings (SSSR count). The highest BCUT2D eigenvalue weighted by Crippen LogP contribution is 2.24. The quantitative estimate of drug-likeness (QED) is 0.789. The number of anilines is 1. The highest BCUT2D eigenvalue weighted by molar-refractivity contribution is 7.88. The summed E-state index contributed by atoms with van der Waals surface area (Å²) in [5.74, 6) is 0.477. The molecule has 146 valence electrons. The summed E-state index contributed by atoms with van der Waals surface area (Å²) in [7, 11) is -0.236. The lowest BCUT2D eigenvalue weighted by Gasteiger charge is -2.23. The molecule has 1 amide bonds. The van der Waals surface area contributed by atoms with Crippen molar-refractivity contribution in [1.29, 1.82) is 0 Å². The van der Waals surface area contributed by atoms with Crippen LogP contribution in [-0.4, -0.2) is 34.7 Å². The Bertz CT molecular complexity index is 908. The van der Waals surface area contributed by atoms with E-state index in [1.807, 2.05) is 32.0 Å². The molecule has 0 spiro atoms. The van der Waals surface area contributed by atoms with Gasteiger partial charge in [-0.15, -0.1) is 0 Å². The number of nitrogens with one attached hydrogen (secondary N) is 1. The average Bonchev–Trinajstić information content (AvgIpc) is 2.61. The molecule has 0 heterocycles. The van der Waals surface area contributed by atoms with E-state index in [2.05, 4.69) is 4.72 Å². The molecule has 0 saturated heterocycles. The van der Waals surface area contributed by atoms with Crippen molar-refractivity contribution in [2.24, 2.45) is 0 Å². The van der Waals surface area contributed by atoms with Crippen LogP contribution >= 0.6 is 0 Å². The number of hydrogen-bond acceptors (Lipinski definition) is 4. The van der Waals surface area contributed by atoms with Crippen LogP contribution in [0.2, 0.25) is 0 Å². The molecule has 0 aliphatic rings. The van der Waals surface area contributed by atoms with Gasteiger partial charge in [0, 0.05) is 19.2 Å². The highest BCUT2D eigenvalue weighted by atomic mass is 32.2. The number of sulfonamides is 1. The molecular formula is C20H26N2O4S. The molecule has 0 radical (unpaired) electrons. The molecule has 7 heteroatoms. The summed E-state index contributed by atoms with van der Waals surface area (Å²) in [5.41, 5.74) is 3.71. The van der Waals surface area contributed by atoms with E-state index in [1.54, 1.807) is 43.3 Å². The van der Waals surface area contributed by atoms with Gasteiger partial charge in [0.2, 0.25) is 15.9 Å². The van der Waals surface area contributed by atoms with Gasteiger partial charge in [-0.1, -0.05) is 18.2 Å². The third-order valence-corrected chi connectivity index (χ3v) is 5.22. The largest absolute Gasteiger partial charge is 0.497 e. The number of carbonyl (C=O) groups excluding carboxylic acids is 1. The van der Waals surface area contributed by atoms with Gasteiger partial charge in [-0.05, 0) is 54.8 Å². The number of methoxy groups -OCH3 is 1. The van der Waals surface area contributed by atoms with Gasteiger partial charge in [-0.3, -0.25) is 4.79 Å². The van der Waals surface area contributed by atoms with Crippen molar-refractivity contribution in [2.75, 3.05) is 25.3 Å². The third kappa shape index (κ3) is 5.80. The van der Waals surface area contributed by atoms with Crippen molar-refractivity contribution < 1.29 is 17.9 Å². The van der Waals surface area contributed by atoms with Gasteiger partial charge in [-0.25, -0.2) is 13.1 Å². The fourth-order valence-corrected chi connectivity index (χ4v) is 3.45. The molecule has 0 fully saturated rings. The molecule has 0 saturated carbocycles. The van der Waals surface area contributed by atoms with Gasteiger partial charge >= 0.3 is 0 Å². The number of carbonyl (C=O) groups is 1. The number of rotatable bonds is 7. The Kier molecular flexibility index (Phi) is 6.62. The highest BCUT2D eigenvalue weighted by Gasteiger charge is 2.22. The predicted octanol–water partition coefficient (Wildman–Crippen LogP) is 2.96. The lowest BCUT2D eigenvalue weighted by molar-refractivity contribution is -0.118. The summed E-state index contributed by atoms with van der Waals surface area (Å²) in [6.07, 6.45) is 1.09. The molecule has 2 aromatic rings. The zero-order chi connectivity index (χ0) is 20.2. The number of nitrogens with zero attached hydrogens (tertiary/aromatic N) is 1. The van der Waals surface area contributed by atoms with Crippen LogP contribution in [0.4, 0.5) is 5.69 Å². The Morgan fingerprint density at radius 1 is 1.11 bits per heavy atom. The number of hydrogen-bond donors (Lipinski definition) is 1. The minimum Gasteiger partial charge on any atom is -0.497 e. The Balaban J connectivity index is 2.24. The molecule has 6 nitrogen and oxygen atoms in total. The van der Waals surface area contributed by atoms with Crippen LogP contribution in [-0.2, 0) is 14.8 Å². The van der Waals surface area contributed by atoms with E-state index in [1.165, 1.54) is 0 Å². The maximum absolute atomic E-state index is 12.8. The smallest absolute Gasteiger partial charge is 0.228 e. The predicted molar refractivity (Wildman–Crippen MR) is 108 cm³/mol. The molecule has 0 aliphatic carbocycles. The van der Waals surface area contributed by atoms with Crippen LogP contribution in [0.15, 0.2) is 42.5 Å². The number of benzene rings is 2. The Hall–Kier alpha value is -2.38. The van der Waals surface area contributed by atoms with Gasteiger partial charge < -0.3 is 9.64 Å². The SMILES string of the molecule is COc1ccc([C@H](CC(=O)N(C)c2ccc(C)c(C)c2)NS(C)(=O)=O)cc1. The van der Waals surface area contributed by atoms with E-state index in [4.69, 9.17) is 4.74 Å². The monoisotopic (exact) mass is 390 g/mol. The Labute approximate surface area is 161 Å². The van der Waals surface area contributed by atoms with Crippen molar-refractivity contribution in [1.82, 2.24) is 4.72 Å². The second-order valence-electron chi connectivity index (χ2n) is 6.64. The van der Waals surface area contributed by atoms with Gasteiger partial charge in [0.05, 0.1) is 19.4 Å². The normalized spacial score (nSPS) is 12.5. The lowest BCUT2D eigenvalue weighted by atomic mass is 10.0. The fourth-order valence-electron chi connectivity index (χ4n) is 2.71. The van der Waals surface area contributed by atoms with Crippen LogP contribution < -0.4 is 14.4 Å². The van der Waals surface area contributed by atoms with Crippen molar-refractivity contribution in [2.45, 2.75) is 26.3 Å². The average molecular weight is 391 g/mol. The van der Waals surface area contributed by atoms with Gasteiger partial charge in [-0.2, -0.15) is 0 Å². The fraction of sp³-hybridized carbons (Fsp3) is 0.350. The molecule has 27 heavy (non-hydrogen) atoms. The van der Waals surface area contributed by atoms with E-state index < -0.39 is 16.1 Å². The van der Waals surface area contributed by atoms with Crippen LogP contribution in [0.1, 0.15) is 29.2 Å². The maximum atomic E-state index is 12.8. The summed E-state index contributed by atoms with van der Waals surface area (Å²) in [5, 5.41) is 0. The lowest BCUT2D eigenvalue weighted by Crippen LogP contribution is -2.34. The summed E-state index contributed by atoms with van der Waals surface area (Å²) in [6.45, 7) is 4.00. The Morgan fingerprint density at radius 3 is 2.26 bits per heavy atom. The first-order valence-electron chi connectivity index (χ1n) is 8.56. The summed E-state index contributed by atoms with van der Waals surface area (Å²) < 4.78 is 31.2. The zero-order valence-electron chi connectivity index (χ0n) is 16.3. The first-order chi connectivity index (χ1) is 12.6. The van der Waals surface area contributed by atoms with E-state index in [-0.39, 0.29) is 12.3 Å². The number of ether oxygens (including phenoxy) is 1. The van der Waals surface area contributed by atoms with Crippen LogP contribution in [0.25, 0.3) is 0 Å². The number of amides is 1. The minimum absolute atomic E-state index is 0.00280. The second kappa shape index (κ2) is 8.54. The third-order valence-electron chi connectivity index (χ3n) is 4.51. The van der Waals surface area contributed by atoms with Crippen molar-refractivity contribution in [3.05, 3.63) is 59.2 Å². The van der Waals surface area contributed by atoms with E-state index in [0.29, 0.717) is 11.3 Å². The molecule has 0 aliphatic heterocycles. The van der Waals surface area contributed by atoms with Gasteiger partial charge in [0.25, 0.3) is 0 Å². The van der Waals surface area contributed by atoms with Crippen molar-refractivity contribution in [3.63, 3.8) is 0 Å². The standard InChI is InChI=1S/C20H26N2O4S/c1-14-6-9-17(12-15(14)2)22(3)20(23)13-19(21-27(5,24)25)16-7-10-18(26-4)11-8-16/h6-12,19,21H,13H2,1-5H3/t19-/m0/s1. The molecular weight excluding hydrogens is 364 g/mol. The van der Waals surface area contributed by atoms with Crippen LogP contribution in [0, 0.1) is 13.8 Å². The molecule has 2 aromatic carbocycles. The van der Waals surface area contributed by atoms with Crippen LogP contribution in [0.3, 0.4) is 0 Å². The second-order valence-corrected chi connectivity index (χ2v) is 8.42. The first kappa shape index (κ1) is 20.9. The Morgan fingerprint density at radius 2 is 1.74 bits per heavy atom. The summed E-state index contributed by atoms with van der Waals surface area (Å²) >= 11 is 0. The molecule has 1 N–H and O–H groups in total. The first-order valence-corrected chi connectivity index (χ1v) is 10.4. The molecule has 1 atom stereocenters.